The summed E-state index contributed by atoms with van der Waals surface area (Å²) < 4.78 is 6.83. The van der Waals surface area contributed by atoms with Gasteiger partial charge in [0.15, 0.2) is 0 Å². The van der Waals surface area contributed by atoms with Crippen LogP contribution >= 0.6 is 0 Å². The molecule has 0 aliphatic rings. The summed E-state index contributed by atoms with van der Waals surface area (Å²) in [6.07, 6.45) is 3.28. The molecule has 0 saturated carbocycles. The number of carboxylic acid groups (broad SMARTS) is 1. The average molecular weight is 363 g/mol. The number of hydrogen-bond donors (Lipinski definition) is 2. The smallest absolute Gasteiger partial charge is 0.335 e. The fourth-order valence-corrected chi connectivity index (χ4v) is 2.49. The number of carbonyl (C=O) groups excluding carboxylic acids is 1. The van der Waals surface area contributed by atoms with Crippen molar-refractivity contribution in [3.8, 4) is 11.4 Å². The normalized spacial score (nSPS) is 10.7. The molecule has 0 atom stereocenters. The van der Waals surface area contributed by atoms with Gasteiger partial charge < -0.3 is 14.4 Å². The molecule has 7 nitrogen and oxygen atoms in total. The van der Waals surface area contributed by atoms with Crippen LogP contribution in [0.15, 0.2) is 72.0 Å². The number of nitrogens with one attached hydrogen (secondary N) is 1. The van der Waals surface area contributed by atoms with Crippen LogP contribution in [-0.4, -0.2) is 34.9 Å². The van der Waals surface area contributed by atoms with Crippen LogP contribution in [0.3, 0.4) is 0 Å². The number of amides is 1. The fraction of sp³-hybridized carbons (Fsp3) is 0.0500. The number of aromatic nitrogens is 1. The van der Waals surface area contributed by atoms with E-state index in [1.165, 1.54) is 12.3 Å². The second kappa shape index (κ2) is 8.01. The number of hydrazone groups is 1. The number of carboxylic acids is 1. The minimum atomic E-state index is -0.994. The predicted molar refractivity (Wildman–Crippen MR) is 101 cm³/mol. The standard InChI is InChI=1S/C20H17N3O4/c1-27-18-9-7-14(8-10-18)19(24)22-21-13-17-6-3-11-23(17)16-5-2-4-15(12-16)20(25)26/h2-13H,1H3,(H,22,24)(H,25,26)/b21-13-. The Hall–Kier alpha value is -3.87. The molecule has 0 saturated heterocycles. The number of carbonyl (C=O) groups is 2. The van der Waals surface area contributed by atoms with Crippen LogP contribution in [0, 0.1) is 0 Å². The van der Waals surface area contributed by atoms with Gasteiger partial charge in [0.1, 0.15) is 5.75 Å². The molecule has 0 radical (unpaired) electrons. The van der Waals surface area contributed by atoms with E-state index in [9.17, 15) is 9.59 Å². The van der Waals surface area contributed by atoms with Gasteiger partial charge in [-0.05, 0) is 54.6 Å². The van der Waals surface area contributed by atoms with Gasteiger partial charge in [0, 0.05) is 17.4 Å². The Bertz CT molecular complexity index is 990. The van der Waals surface area contributed by atoms with Gasteiger partial charge >= 0.3 is 5.97 Å². The monoisotopic (exact) mass is 363 g/mol. The summed E-state index contributed by atoms with van der Waals surface area (Å²) in [5.41, 5.74) is 4.48. The second-order valence-corrected chi connectivity index (χ2v) is 5.59. The SMILES string of the molecule is COc1ccc(C(=O)N/N=C\c2cccn2-c2cccc(C(=O)O)c2)cc1. The molecule has 0 bridgehead atoms. The molecule has 27 heavy (non-hydrogen) atoms. The molecule has 0 unspecified atom stereocenters. The third kappa shape index (κ3) is 4.21. The summed E-state index contributed by atoms with van der Waals surface area (Å²) in [7, 11) is 1.56. The lowest BCUT2D eigenvalue weighted by Crippen LogP contribution is -2.17. The molecular weight excluding hydrogens is 346 g/mol. The minimum Gasteiger partial charge on any atom is -0.497 e. The van der Waals surface area contributed by atoms with Crippen molar-refractivity contribution in [2.24, 2.45) is 5.10 Å². The Kier molecular flexibility index (Phi) is 5.32. The maximum Gasteiger partial charge on any atom is 0.335 e. The van der Waals surface area contributed by atoms with Gasteiger partial charge in [-0.25, -0.2) is 10.2 Å². The Balaban J connectivity index is 1.73. The topological polar surface area (TPSA) is 92.9 Å². The predicted octanol–water partition coefficient (Wildman–Crippen LogP) is 2.95. The first-order chi connectivity index (χ1) is 13.1. The molecule has 0 spiro atoms. The third-order valence-electron chi connectivity index (χ3n) is 3.87. The second-order valence-electron chi connectivity index (χ2n) is 5.59. The highest BCUT2D eigenvalue weighted by atomic mass is 16.5. The van der Waals surface area contributed by atoms with Gasteiger partial charge in [-0.15, -0.1) is 0 Å². The summed E-state index contributed by atoms with van der Waals surface area (Å²) in [5.74, 6) is -0.678. The summed E-state index contributed by atoms with van der Waals surface area (Å²) >= 11 is 0. The van der Waals surface area contributed by atoms with Gasteiger partial charge in [0.25, 0.3) is 5.91 Å². The van der Waals surface area contributed by atoms with Crippen LogP contribution in [0.1, 0.15) is 26.4 Å². The summed E-state index contributed by atoms with van der Waals surface area (Å²) in [5, 5.41) is 13.1. The number of nitrogens with zero attached hydrogens (tertiary/aromatic N) is 2. The van der Waals surface area contributed by atoms with Gasteiger partial charge in [-0.1, -0.05) is 6.07 Å². The van der Waals surface area contributed by atoms with Crippen LogP contribution in [0.25, 0.3) is 5.69 Å². The molecule has 1 amide bonds. The van der Waals surface area contributed by atoms with Crippen molar-refractivity contribution in [1.82, 2.24) is 9.99 Å². The quantitative estimate of drug-likeness (QED) is 0.520. The Labute approximate surface area is 155 Å². The molecule has 0 aliphatic carbocycles. The van der Waals surface area contributed by atoms with E-state index < -0.39 is 5.97 Å². The van der Waals surface area contributed by atoms with Crippen LogP contribution in [-0.2, 0) is 0 Å². The van der Waals surface area contributed by atoms with E-state index in [0.717, 1.165) is 0 Å². The van der Waals surface area contributed by atoms with E-state index in [0.29, 0.717) is 22.7 Å². The van der Waals surface area contributed by atoms with E-state index in [1.54, 1.807) is 72.5 Å². The van der Waals surface area contributed by atoms with Gasteiger partial charge in [-0.3, -0.25) is 4.79 Å². The van der Waals surface area contributed by atoms with E-state index in [2.05, 4.69) is 10.5 Å². The zero-order valence-electron chi connectivity index (χ0n) is 14.5. The highest BCUT2D eigenvalue weighted by Crippen LogP contribution is 2.14. The van der Waals surface area contributed by atoms with Crippen molar-refractivity contribution in [3.63, 3.8) is 0 Å². The molecule has 2 aromatic carbocycles. The van der Waals surface area contributed by atoms with Crippen molar-refractivity contribution < 1.29 is 19.4 Å². The number of rotatable bonds is 6. The van der Waals surface area contributed by atoms with E-state index >= 15 is 0 Å². The lowest BCUT2D eigenvalue weighted by molar-refractivity contribution is 0.0696. The zero-order valence-corrected chi connectivity index (χ0v) is 14.5. The van der Waals surface area contributed by atoms with E-state index in [-0.39, 0.29) is 11.5 Å². The number of hydrogen-bond acceptors (Lipinski definition) is 4. The van der Waals surface area contributed by atoms with Crippen molar-refractivity contribution in [1.29, 1.82) is 0 Å². The fourth-order valence-electron chi connectivity index (χ4n) is 2.49. The zero-order chi connectivity index (χ0) is 19.2. The molecule has 0 aliphatic heterocycles. The molecule has 1 heterocycles. The van der Waals surface area contributed by atoms with Gasteiger partial charge in [0.2, 0.25) is 0 Å². The molecule has 3 rings (SSSR count). The summed E-state index contributed by atoms with van der Waals surface area (Å²) in [6.45, 7) is 0. The van der Waals surface area contributed by atoms with Crippen molar-refractivity contribution in [3.05, 3.63) is 83.7 Å². The number of methoxy groups -OCH3 is 1. The van der Waals surface area contributed by atoms with Gasteiger partial charge in [0.05, 0.1) is 24.6 Å². The van der Waals surface area contributed by atoms with Crippen LogP contribution in [0.2, 0.25) is 0 Å². The van der Waals surface area contributed by atoms with Crippen LogP contribution < -0.4 is 10.2 Å². The van der Waals surface area contributed by atoms with Crippen LogP contribution in [0.4, 0.5) is 0 Å². The molecular formula is C20H17N3O4. The summed E-state index contributed by atoms with van der Waals surface area (Å²) in [4.78, 5) is 23.2. The maximum atomic E-state index is 12.1. The van der Waals surface area contributed by atoms with E-state index in [1.807, 2.05) is 0 Å². The Morgan fingerprint density at radius 2 is 1.85 bits per heavy atom. The van der Waals surface area contributed by atoms with Crippen molar-refractivity contribution >= 4 is 18.1 Å². The number of aromatic carboxylic acids is 1. The van der Waals surface area contributed by atoms with Crippen LogP contribution in [0.5, 0.6) is 5.75 Å². The molecule has 1 aromatic heterocycles. The number of ether oxygens (including phenoxy) is 1. The summed E-state index contributed by atoms with van der Waals surface area (Å²) in [6, 6.07) is 16.8. The molecule has 136 valence electrons. The molecule has 2 N–H and O–H groups in total. The van der Waals surface area contributed by atoms with Gasteiger partial charge in [-0.2, -0.15) is 5.10 Å². The highest BCUT2D eigenvalue weighted by Gasteiger charge is 2.07. The Morgan fingerprint density at radius 1 is 1.07 bits per heavy atom. The molecule has 7 heteroatoms. The maximum absolute atomic E-state index is 12.1. The highest BCUT2D eigenvalue weighted by molar-refractivity contribution is 5.95. The lowest BCUT2D eigenvalue weighted by atomic mass is 10.2. The first-order valence-electron chi connectivity index (χ1n) is 8.07. The first-order valence-corrected chi connectivity index (χ1v) is 8.07. The largest absolute Gasteiger partial charge is 0.497 e. The average Bonchev–Trinajstić information content (AvgIpc) is 3.16. The molecule has 0 fully saturated rings. The van der Waals surface area contributed by atoms with E-state index in [4.69, 9.17) is 9.84 Å². The first kappa shape index (κ1) is 17.9. The Morgan fingerprint density at radius 3 is 2.56 bits per heavy atom. The molecule has 3 aromatic rings. The van der Waals surface area contributed by atoms with Crippen molar-refractivity contribution in [2.45, 2.75) is 0 Å². The third-order valence-corrected chi connectivity index (χ3v) is 3.87. The minimum absolute atomic E-state index is 0.192. The van der Waals surface area contributed by atoms with Crippen molar-refractivity contribution in [2.75, 3.05) is 7.11 Å². The lowest BCUT2D eigenvalue weighted by Gasteiger charge is -2.07. The number of benzene rings is 2.